The molecule has 1 rings (SSSR count). The molecule has 0 bridgehead atoms. The second kappa shape index (κ2) is 9.01. The minimum absolute atomic E-state index is 0.0787. The van der Waals surface area contributed by atoms with Crippen molar-refractivity contribution in [3.63, 3.8) is 0 Å². The van der Waals surface area contributed by atoms with Crippen LogP contribution in [0.2, 0.25) is 10.0 Å². The Bertz CT molecular complexity index is 475. The van der Waals surface area contributed by atoms with E-state index < -0.39 is 0 Å². The normalized spacial score (nSPS) is 11.0. The molecule has 1 aromatic carbocycles. The van der Waals surface area contributed by atoms with E-state index in [2.05, 4.69) is 0 Å². The van der Waals surface area contributed by atoms with Crippen LogP contribution in [-0.2, 0) is 4.79 Å². The molecule has 1 N–H and O–H groups in total. The molecule has 0 spiro atoms. The highest BCUT2D eigenvalue weighted by atomic mass is 35.5. The number of likely N-dealkylation sites (N-methyl/N-ethyl adjacent to an activating group) is 1. The summed E-state index contributed by atoms with van der Waals surface area (Å²) in [5.74, 6) is -0.0787. The van der Waals surface area contributed by atoms with E-state index in [1.165, 1.54) is 6.08 Å². The van der Waals surface area contributed by atoms with Crippen LogP contribution in [0.1, 0.15) is 24.8 Å². The first-order valence-electron chi connectivity index (χ1n) is 6.53. The first-order chi connectivity index (χ1) is 9.54. The van der Waals surface area contributed by atoms with Crippen molar-refractivity contribution in [2.75, 3.05) is 20.2 Å². The summed E-state index contributed by atoms with van der Waals surface area (Å²) in [7, 11) is 1.76. The molecule has 0 radical (unpaired) electrons. The van der Waals surface area contributed by atoms with Crippen molar-refractivity contribution in [2.24, 2.45) is 0 Å². The Morgan fingerprint density at radius 3 is 2.75 bits per heavy atom. The third kappa shape index (κ3) is 5.95. The summed E-state index contributed by atoms with van der Waals surface area (Å²) < 4.78 is 0. The molecule has 0 fully saturated rings. The molecule has 1 amide bonds. The summed E-state index contributed by atoms with van der Waals surface area (Å²) in [5.41, 5.74) is 0.723. The van der Waals surface area contributed by atoms with Gasteiger partial charge in [0.05, 0.1) is 0 Å². The monoisotopic (exact) mass is 315 g/mol. The van der Waals surface area contributed by atoms with Crippen LogP contribution in [-0.4, -0.2) is 36.1 Å². The van der Waals surface area contributed by atoms with Gasteiger partial charge in [-0.1, -0.05) is 23.2 Å². The summed E-state index contributed by atoms with van der Waals surface area (Å²) in [4.78, 5) is 13.5. The number of benzene rings is 1. The number of aliphatic hydroxyl groups is 1. The lowest BCUT2D eigenvalue weighted by Gasteiger charge is -2.14. The molecular formula is C15H19Cl2NO2. The summed E-state index contributed by atoms with van der Waals surface area (Å²) >= 11 is 11.9. The first kappa shape index (κ1) is 17.0. The third-order valence-corrected chi connectivity index (χ3v) is 3.47. The molecule has 0 saturated heterocycles. The number of halogens is 2. The number of hydrogen-bond donors (Lipinski definition) is 1. The molecule has 0 heterocycles. The molecule has 0 unspecified atom stereocenters. The van der Waals surface area contributed by atoms with E-state index in [0.29, 0.717) is 16.6 Å². The van der Waals surface area contributed by atoms with E-state index in [4.69, 9.17) is 28.3 Å². The van der Waals surface area contributed by atoms with Crippen LogP contribution in [0.25, 0.3) is 6.08 Å². The van der Waals surface area contributed by atoms with Gasteiger partial charge in [0.2, 0.25) is 5.91 Å². The molecule has 3 nitrogen and oxygen atoms in total. The minimum Gasteiger partial charge on any atom is -0.396 e. The van der Waals surface area contributed by atoms with Gasteiger partial charge in [-0.05, 0) is 49.1 Å². The number of carbonyl (C=O) groups excluding carboxylic acids is 1. The fourth-order valence-electron chi connectivity index (χ4n) is 1.68. The zero-order chi connectivity index (χ0) is 15.0. The van der Waals surface area contributed by atoms with Crippen molar-refractivity contribution in [3.05, 3.63) is 39.9 Å². The average molecular weight is 316 g/mol. The Kier molecular flexibility index (Phi) is 7.67. The number of unbranched alkanes of at least 4 members (excludes halogenated alkanes) is 2. The van der Waals surface area contributed by atoms with Crippen LogP contribution in [0, 0.1) is 0 Å². The Morgan fingerprint density at radius 1 is 1.30 bits per heavy atom. The van der Waals surface area contributed by atoms with Gasteiger partial charge in [0.15, 0.2) is 0 Å². The SMILES string of the molecule is CN(CCCCCO)C(=O)/C=C/c1cc(Cl)ccc1Cl. The van der Waals surface area contributed by atoms with Crippen LogP contribution in [0.4, 0.5) is 0 Å². The summed E-state index contributed by atoms with van der Waals surface area (Å²) in [5, 5.41) is 9.83. The van der Waals surface area contributed by atoms with E-state index in [9.17, 15) is 4.79 Å². The zero-order valence-electron chi connectivity index (χ0n) is 11.5. The first-order valence-corrected chi connectivity index (χ1v) is 7.29. The van der Waals surface area contributed by atoms with Gasteiger partial charge in [0.1, 0.15) is 0 Å². The van der Waals surface area contributed by atoms with Gasteiger partial charge in [0.25, 0.3) is 0 Å². The van der Waals surface area contributed by atoms with Gasteiger partial charge < -0.3 is 10.0 Å². The molecule has 110 valence electrons. The fraction of sp³-hybridized carbons (Fsp3) is 0.400. The van der Waals surface area contributed by atoms with Crippen molar-refractivity contribution in [1.29, 1.82) is 0 Å². The van der Waals surface area contributed by atoms with E-state index in [-0.39, 0.29) is 12.5 Å². The molecule has 0 aliphatic carbocycles. The fourth-order valence-corrected chi connectivity index (χ4v) is 2.04. The number of amides is 1. The quantitative estimate of drug-likeness (QED) is 0.616. The van der Waals surface area contributed by atoms with Crippen LogP contribution in [0.15, 0.2) is 24.3 Å². The van der Waals surface area contributed by atoms with Gasteiger partial charge in [-0.25, -0.2) is 0 Å². The van der Waals surface area contributed by atoms with Crippen molar-refractivity contribution in [1.82, 2.24) is 4.90 Å². The number of hydrogen-bond acceptors (Lipinski definition) is 2. The smallest absolute Gasteiger partial charge is 0.246 e. The number of aliphatic hydroxyl groups excluding tert-OH is 1. The molecule has 0 atom stereocenters. The topological polar surface area (TPSA) is 40.5 Å². The number of rotatable bonds is 7. The second-order valence-electron chi connectivity index (χ2n) is 4.54. The van der Waals surface area contributed by atoms with Gasteiger partial charge in [-0.3, -0.25) is 4.79 Å². The predicted molar refractivity (Wildman–Crippen MR) is 84.1 cm³/mol. The summed E-state index contributed by atoms with van der Waals surface area (Å²) in [6.07, 6.45) is 5.73. The van der Waals surface area contributed by atoms with Crippen molar-refractivity contribution >= 4 is 35.2 Å². The molecule has 1 aromatic rings. The van der Waals surface area contributed by atoms with Crippen LogP contribution in [0.3, 0.4) is 0 Å². The lowest BCUT2D eigenvalue weighted by Crippen LogP contribution is -2.25. The largest absolute Gasteiger partial charge is 0.396 e. The minimum atomic E-state index is -0.0787. The lowest BCUT2D eigenvalue weighted by molar-refractivity contribution is -0.124. The summed E-state index contributed by atoms with van der Waals surface area (Å²) in [6, 6.07) is 5.12. The standard InChI is InChI=1S/C15H19Cl2NO2/c1-18(9-3-2-4-10-19)15(20)8-5-12-11-13(16)6-7-14(12)17/h5-8,11,19H,2-4,9-10H2,1H3/b8-5+. The molecule has 0 aliphatic heterocycles. The lowest BCUT2D eigenvalue weighted by atomic mass is 10.2. The number of carbonyl (C=O) groups is 1. The van der Waals surface area contributed by atoms with Gasteiger partial charge in [-0.15, -0.1) is 0 Å². The van der Waals surface area contributed by atoms with Gasteiger partial charge in [-0.2, -0.15) is 0 Å². The van der Waals surface area contributed by atoms with Crippen LogP contribution < -0.4 is 0 Å². The van der Waals surface area contributed by atoms with E-state index in [0.717, 1.165) is 24.8 Å². The average Bonchev–Trinajstić information content (AvgIpc) is 2.44. The van der Waals surface area contributed by atoms with Crippen molar-refractivity contribution in [3.8, 4) is 0 Å². The molecule has 0 aliphatic rings. The van der Waals surface area contributed by atoms with Crippen LogP contribution in [0.5, 0.6) is 0 Å². The Labute approximate surface area is 129 Å². The second-order valence-corrected chi connectivity index (χ2v) is 5.39. The molecule has 20 heavy (non-hydrogen) atoms. The Hall–Kier alpha value is -1.03. The highest BCUT2D eigenvalue weighted by molar-refractivity contribution is 6.34. The molecule has 0 aromatic heterocycles. The highest BCUT2D eigenvalue weighted by Crippen LogP contribution is 2.21. The van der Waals surface area contributed by atoms with E-state index in [1.807, 2.05) is 0 Å². The summed E-state index contributed by atoms with van der Waals surface area (Å²) in [6.45, 7) is 0.872. The van der Waals surface area contributed by atoms with Crippen molar-refractivity contribution in [2.45, 2.75) is 19.3 Å². The maximum absolute atomic E-state index is 11.9. The maximum Gasteiger partial charge on any atom is 0.246 e. The van der Waals surface area contributed by atoms with Gasteiger partial charge >= 0.3 is 0 Å². The molecular weight excluding hydrogens is 297 g/mol. The van der Waals surface area contributed by atoms with Crippen LogP contribution >= 0.6 is 23.2 Å². The molecule has 0 saturated carbocycles. The number of nitrogens with zero attached hydrogens (tertiary/aromatic N) is 1. The van der Waals surface area contributed by atoms with Gasteiger partial charge in [0, 0.05) is 36.3 Å². The van der Waals surface area contributed by atoms with E-state index >= 15 is 0 Å². The predicted octanol–water partition coefficient (Wildman–Crippen LogP) is 3.63. The van der Waals surface area contributed by atoms with E-state index in [1.54, 1.807) is 36.2 Å². The maximum atomic E-state index is 11.9. The Morgan fingerprint density at radius 2 is 2.05 bits per heavy atom. The van der Waals surface area contributed by atoms with Crippen molar-refractivity contribution < 1.29 is 9.90 Å². The molecule has 5 heteroatoms. The highest BCUT2D eigenvalue weighted by Gasteiger charge is 2.05. The zero-order valence-corrected chi connectivity index (χ0v) is 13.0. The third-order valence-electron chi connectivity index (χ3n) is 2.89. The Balaban J connectivity index is 2.52.